The first-order valence-electron chi connectivity index (χ1n) is 8.56. The molecule has 0 aromatic heterocycles. The second-order valence-electron chi connectivity index (χ2n) is 6.23. The number of nitrogens with zero attached hydrogens (tertiary/aromatic N) is 2. The average molecular weight is 363 g/mol. The predicted octanol–water partition coefficient (Wildman–Crippen LogP) is 5.70. The van der Waals surface area contributed by atoms with Crippen LogP contribution in [0.25, 0.3) is 0 Å². The van der Waals surface area contributed by atoms with Crippen molar-refractivity contribution in [2.75, 3.05) is 12.1 Å². The third-order valence-corrected chi connectivity index (χ3v) is 4.84. The van der Waals surface area contributed by atoms with Crippen molar-refractivity contribution in [1.29, 1.82) is 0 Å². The Labute approximate surface area is 158 Å². The first-order valence-corrected chi connectivity index (χ1v) is 8.94. The molecule has 0 radical (unpaired) electrons. The van der Waals surface area contributed by atoms with Crippen LogP contribution < -0.4 is 9.75 Å². The van der Waals surface area contributed by atoms with E-state index in [-0.39, 0.29) is 6.04 Å². The van der Waals surface area contributed by atoms with Crippen LogP contribution in [-0.2, 0) is 0 Å². The Hall–Kier alpha value is -2.78. The van der Waals surface area contributed by atoms with Gasteiger partial charge in [-0.3, -0.25) is 5.01 Å². The minimum Gasteiger partial charge on any atom is -0.497 e. The van der Waals surface area contributed by atoms with Gasteiger partial charge in [-0.25, -0.2) is 0 Å². The van der Waals surface area contributed by atoms with Crippen molar-refractivity contribution in [1.82, 2.24) is 0 Å². The molecule has 3 nitrogen and oxygen atoms in total. The first kappa shape index (κ1) is 16.7. The fourth-order valence-corrected chi connectivity index (χ4v) is 3.38. The number of halogens is 1. The summed E-state index contributed by atoms with van der Waals surface area (Å²) < 4.78 is 5.37. The molecular formula is C22H19ClN2O. The van der Waals surface area contributed by atoms with E-state index in [0.29, 0.717) is 0 Å². The molecule has 1 aliphatic heterocycles. The summed E-state index contributed by atoms with van der Waals surface area (Å²) in [6.45, 7) is 0. The zero-order chi connectivity index (χ0) is 17.9. The van der Waals surface area contributed by atoms with Crippen molar-refractivity contribution >= 4 is 23.0 Å². The van der Waals surface area contributed by atoms with Gasteiger partial charge in [0.1, 0.15) is 5.75 Å². The molecule has 4 heteroatoms. The lowest BCUT2D eigenvalue weighted by Gasteiger charge is -2.24. The van der Waals surface area contributed by atoms with E-state index < -0.39 is 0 Å². The second-order valence-corrected chi connectivity index (χ2v) is 6.67. The van der Waals surface area contributed by atoms with Crippen LogP contribution in [0.4, 0.5) is 5.69 Å². The van der Waals surface area contributed by atoms with Crippen LogP contribution in [-0.4, -0.2) is 12.8 Å². The Morgan fingerprint density at radius 2 is 1.73 bits per heavy atom. The summed E-state index contributed by atoms with van der Waals surface area (Å²) in [5.41, 5.74) is 4.40. The van der Waals surface area contributed by atoms with Crippen LogP contribution in [0, 0.1) is 0 Å². The lowest BCUT2D eigenvalue weighted by Crippen LogP contribution is -2.18. The molecule has 0 N–H and O–H groups in total. The number of rotatable bonds is 4. The Bertz CT molecular complexity index is 922. The summed E-state index contributed by atoms with van der Waals surface area (Å²) in [5.74, 6) is 0.839. The topological polar surface area (TPSA) is 24.8 Å². The summed E-state index contributed by atoms with van der Waals surface area (Å²) >= 11 is 6.07. The predicted molar refractivity (Wildman–Crippen MR) is 107 cm³/mol. The van der Waals surface area contributed by atoms with Crippen molar-refractivity contribution in [3.63, 3.8) is 0 Å². The van der Waals surface area contributed by atoms with Gasteiger partial charge in [0.2, 0.25) is 0 Å². The number of hydrazone groups is 1. The number of ether oxygens (including phenoxy) is 1. The fourth-order valence-electron chi connectivity index (χ4n) is 3.25. The fraction of sp³-hybridized carbons (Fsp3) is 0.136. The molecule has 0 saturated heterocycles. The average Bonchev–Trinajstić information content (AvgIpc) is 3.15. The highest BCUT2D eigenvalue weighted by atomic mass is 35.5. The SMILES string of the molecule is COc1cccc(C2=NN(c3ccccc3)[C@H](c3ccc(Cl)cc3)C2)c1. The molecule has 0 aliphatic carbocycles. The molecule has 0 amide bonds. The van der Waals surface area contributed by atoms with Crippen LogP contribution in [0.2, 0.25) is 5.02 Å². The maximum Gasteiger partial charge on any atom is 0.119 e. The Balaban J connectivity index is 1.74. The lowest BCUT2D eigenvalue weighted by atomic mass is 9.98. The number of hydrogen-bond donors (Lipinski definition) is 0. The highest BCUT2D eigenvalue weighted by Gasteiger charge is 2.29. The van der Waals surface area contributed by atoms with Gasteiger partial charge in [-0.05, 0) is 42.0 Å². The number of benzene rings is 3. The van der Waals surface area contributed by atoms with Gasteiger partial charge in [-0.1, -0.05) is 54.1 Å². The van der Waals surface area contributed by atoms with E-state index in [9.17, 15) is 0 Å². The number of para-hydroxylation sites is 1. The highest BCUT2D eigenvalue weighted by molar-refractivity contribution is 6.30. The van der Waals surface area contributed by atoms with Crippen molar-refractivity contribution in [2.24, 2.45) is 5.10 Å². The van der Waals surface area contributed by atoms with Crippen LogP contribution in [0.15, 0.2) is 84.0 Å². The molecule has 1 heterocycles. The van der Waals surface area contributed by atoms with E-state index in [1.807, 2.05) is 48.5 Å². The minimum atomic E-state index is 0.135. The van der Waals surface area contributed by atoms with Crippen molar-refractivity contribution in [3.05, 3.63) is 95.0 Å². The van der Waals surface area contributed by atoms with Crippen LogP contribution in [0.1, 0.15) is 23.6 Å². The van der Waals surface area contributed by atoms with E-state index in [1.54, 1.807) is 7.11 Å². The zero-order valence-corrected chi connectivity index (χ0v) is 15.2. The Morgan fingerprint density at radius 1 is 0.962 bits per heavy atom. The molecular weight excluding hydrogens is 344 g/mol. The molecule has 0 saturated carbocycles. The van der Waals surface area contributed by atoms with E-state index in [4.69, 9.17) is 21.4 Å². The summed E-state index contributed by atoms with van der Waals surface area (Å²) in [6, 6.07) is 26.5. The lowest BCUT2D eigenvalue weighted by molar-refractivity contribution is 0.414. The van der Waals surface area contributed by atoms with Gasteiger partial charge in [0, 0.05) is 17.0 Å². The number of hydrogen-bond acceptors (Lipinski definition) is 3. The number of methoxy groups -OCH3 is 1. The van der Waals surface area contributed by atoms with Gasteiger partial charge in [0.15, 0.2) is 0 Å². The van der Waals surface area contributed by atoms with E-state index in [0.717, 1.165) is 34.2 Å². The quantitative estimate of drug-likeness (QED) is 0.594. The molecule has 3 aromatic rings. The maximum atomic E-state index is 6.07. The maximum absolute atomic E-state index is 6.07. The van der Waals surface area contributed by atoms with Crippen LogP contribution >= 0.6 is 11.6 Å². The first-order chi connectivity index (χ1) is 12.7. The molecule has 26 heavy (non-hydrogen) atoms. The monoisotopic (exact) mass is 362 g/mol. The van der Waals surface area contributed by atoms with Crippen molar-refractivity contribution in [2.45, 2.75) is 12.5 Å². The Kier molecular flexibility index (Phi) is 4.63. The van der Waals surface area contributed by atoms with Gasteiger partial charge in [0.25, 0.3) is 0 Å². The second kappa shape index (κ2) is 7.22. The van der Waals surface area contributed by atoms with E-state index in [1.165, 1.54) is 5.56 Å². The van der Waals surface area contributed by atoms with Gasteiger partial charge < -0.3 is 4.74 Å². The molecule has 0 spiro atoms. The van der Waals surface area contributed by atoms with Crippen molar-refractivity contribution in [3.8, 4) is 5.75 Å². The highest BCUT2D eigenvalue weighted by Crippen LogP contribution is 2.37. The van der Waals surface area contributed by atoms with Crippen LogP contribution in [0.5, 0.6) is 5.75 Å². The third kappa shape index (κ3) is 3.31. The summed E-state index contributed by atoms with van der Waals surface area (Å²) in [6.07, 6.45) is 0.823. The minimum absolute atomic E-state index is 0.135. The van der Waals surface area contributed by atoms with Gasteiger partial charge >= 0.3 is 0 Å². The molecule has 1 atom stereocenters. The van der Waals surface area contributed by atoms with E-state index in [2.05, 4.69) is 35.3 Å². The standard InChI is InChI=1S/C22H19ClN2O/c1-26-20-9-5-6-17(14-20)21-15-22(16-10-12-18(23)13-11-16)25(24-21)19-7-3-2-4-8-19/h2-14,22H,15H2,1H3/t22-/m0/s1. The summed E-state index contributed by atoms with van der Waals surface area (Å²) in [7, 11) is 1.68. The smallest absolute Gasteiger partial charge is 0.119 e. The molecule has 0 unspecified atom stereocenters. The van der Waals surface area contributed by atoms with Crippen LogP contribution in [0.3, 0.4) is 0 Å². The number of anilines is 1. The largest absolute Gasteiger partial charge is 0.497 e. The molecule has 0 fully saturated rings. The Morgan fingerprint density at radius 3 is 2.46 bits per heavy atom. The van der Waals surface area contributed by atoms with E-state index >= 15 is 0 Å². The molecule has 0 bridgehead atoms. The van der Waals surface area contributed by atoms with Crippen molar-refractivity contribution < 1.29 is 4.74 Å². The zero-order valence-electron chi connectivity index (χ0n) is 14.5. The molecule has 3 aromatic carbocycles. The van der Waals surface area contributed by atoms with Gasteiger partial charge in [0.05, 0.1) is 24.6 Å². The summed E-state index contributed by atoms with van der Waals surface area (Å²) in [5, 5.41) is 7.78. The summed E-state index contributed by atoms with van der Waals surface area (Å²) in [4.78, 5) is 0. The third-order valence-electron chi connectivity index (χ3n) is 4.59. The van der Waals surface area contributed by atoms with Gasteiger partial charge in [-0.2, -0.15) is 5.10 Å². The van der Waals surface area contributed by atoms with Gasteiger partial charge in [-0.15, -0.1) is 0 Å². The molecule has 4 rings (SSSR count). The normalized spacial score (nSPS) is 16.5. The molecule has 1 aliphatic rings. The molecule has 130 valence electrons.